The molecule has 0 atom stereocenters. The van der Waals surface area contributed by atoms with Crippen molar-refractivity contribution in [1.29, 1.82) is 0 Å². The van der Waals surface area contributed by atoms with Crippen LogP contribution < -0.4 is 9.47 Å². The zero-order valence-electron chi connectivity index (χ0n) is 14.5. The fourth-order valence-electron chi connectivity index (χ4n) is 2.83. The first-order valence-electron chi connectivity index (χ1n) is 8.49. The molecule has 1 fully saturated rings. The van der Waals surface area contributed by atoms with Crippen LogP contribution in [0, 0.1) is 0 Å². The van der Waals surface area contributed by atoms with Gasteiger partial charge >= 0.3 is 0 Å². The number of ether oxygens (including phenoxy) is 2. The summed E-state index contributed by atoms with van der Waals surface area (Å²) in [7, 11) is 1.55. The molecule has 0 radical (unpaired) electrons. The third-order valence-electron chi connectivity index (χ3n) is 4.21. The Morgan fingerprint density at radius 1 is 1.24 bits per heavy atom. The van der Waals surface area contributed by atoms with Gasteiger partial charge < -0.3 is 14.4 Å². The maximum atomic E-state index is 13.1. The first-order chi connectivity index (χ1) is 12.1. The second-order valence-corrected chi connectivity index (χ2v) is 6.48. The lowest BCUT2D eigenvalue weighted by molar-refractivity contribution is 0.0729. The minimum absolute atomic E-state index is 0.0328. The van der Waals surface area contributed by atoms with Gasteiger partial charge in [-0.25, -0.2) is 0 Å². The molecule has 2 aromatic carbocycles. The summed E-state index contributed by atoms with van der Waals surface area (Å²) in [5, 5.41) is 0.389. The molecule has 1 aliphatic carbocycles. The van der Waals surface area contributed by atoms with Gasteiger partial charge in [-0.1, -0.05) is 41.9 Å². The van der Waals surface area contributed by atoms with Gasteiger partial charge in [0.25, 0.3) is 5.91 Å². The van der Waals surface area contributed by atoms with Crippen LogP contribution in [0.3, 0.4) is 0 Å². The van der Waals surface area contributed by atoms with E-state index in [1.54, 1.807) is 19.2 Å². The zero-order chi connectivity index (χ0) is 17.8. The second kappa shape index (κ2) is 7.79. The smallest absolute Gasteiger partial charge is 0.254 e. The van der Waals surface area contributed by atoms with Crippen molar-refractivity contribution in [2.45, 2.75) is 32.4 Å². The van der Waals surface area contributed by atoms with E-state index in [-0.39, 0.29) is 5.91 Å². The van der Waals surface area contributed by atoms with E-state index in [1.807, 2.05) is 42.2 Å². The molecule has 0 bridgehead atoms. The lowest BCUT2D eigenvalue weighted by Gasteiger charge is -2.23. The van der Waals surface area contributed by atoms with Gasteiger partial charge in [-0.05, 0) is 37.5 Å². The summed E-state index contributed by atoms with van der Waals surface area (Å²) in [6, 6.07) is 13.7. The van der Waals surface area contributed by atoms with Crippen LogP contribution in [-0.4, -0.2) is 30.6 Å². The molecule has 0 spiro atoms. The zero-order valence-corrected chi connectivity index (χ0v) is 15.3. The Bertz CT molecular complexity index is 744. The number of amides is 1. The third-order valence-corrected chi connectivity index (χ3v) is 4.49. The predicted octanol–water partition coefficient (Wildman–Crippen LogP) is 4.55. The Labute approximate surface area is 153 Å². The number of rotatable bonds is 7. The summed E-state index contributed by atoms with van der Waals surface area (Å²) in [5.41, 5.74) is 1.64. The van der Waals surface area contributed by atoms with Crippen molar-refractivity contribution in [3.05, 3.63) is 58.6 Å². The van der Waals surface area contributed by atoms with E-state index in [0.717, 1.165) is 18.4 Å². The lowest BCUT2D eigenvalue weighted by atomic mass is 10.1. The number of benzene rings is 2. The van der Waals surface area contributed by atoms with E-state index in [2.05, 4.69) is 0 Å². The molecule has 0 N–H and O–H groups in total. The Morgan fingerprint density at radius 3 is 2.56 bits per heavy atom. The van der Waals surface area contributed by atoms with E-state index >= 15 is 0 Å². The molecular weight excluding hydrogens is 338 g/mol. The van der Waals surface area contributed by atoms with E-state index < -0.39 is 0 Å². The van der Waals surface area contributed by atoms with Gasteiger partial charge in [0.2, 0.25) is 0 Å². The van der Waals surface area contributed by atoms with Gasteiger partial charge in [0.05, 0.1) is 18.7 Å². The van der Waals surface area contributed by atoms with E-state index in [0.29, 0.717) is 41.3 Å². The average Bonchev–Trinajstić information content (AvgIpc) is 3.46. The van der Waals surface area contributed by atoms with Crippen LogP contribution in [0.25, 0.3) is 0 Å². The Balaban J connectivity index is 1.88. The van der Waals surface area contributed by atoms with Gasteiger partial charge in [0.1, 0.15) is 0 Å². The quantitative estimate of drug-likeness (QED) is 0.727. The Kier molecular flexibility index (Phi) is 5.49. The fraction of sp³-hybridized carbons (Fsp3) is 0.350. The van der Waals surface area contributed by atoms with Crippen molar-refractivity contribution in [2.75, 3.05) is 13.7 Å². The number of carbonyl (C=O) groups excluding carboxylic acids is 1. The maximum absolute atomic E-state index is 13.1. The van der Waals surface area contributed by atoms with E-state index in [1.165, 1.54) is 0 Å². The van der Waals surface area contributed by atoms with Crippen molar-refractivity contribution >= 4 is 17.5 Å². The third kappa shape index (κ3) is 4.07. The molecule has 0 aromatic heterocycles. The van der Waals surface area contributed by atoms with Crippen molar-refractivity contribution in [3.63, 3.8) is 0 Å². The van der Waals surface area contributed by atoms with Crippen LogP contribution >= 0.6 is 11.6 Å². The summed E-state index contributed by atoms with van der Waals surface area (Å²) in [5.74, 6) is 0.923. The molecule has 1 saturated carbocycles. The highest BCUT2D eigenvalue weighted by Crippen LogP contribution is 2.38. The highest BCUT2D eigenvalue weighted by atomic mass is 35.5. The maximum Gasteiger partial charge on any atom is 0.254 e. The van der Waals surface area contributed by atoms with Crippen molar-refractivity contribution in [1.82, 2.24) is 4.90 Å². The van der Waals surface area contributed by atoms with Crippen LogP contribution in [0.1, 0.15) is 35.7 Å². The average molecular weight is 360 g/mol. The number of nitrogens with zero attached hydrogens (tertiary/aromatic N) is 1. The monoisotopic (exact) mass is 359 g/mol. The highest BCUT2D eigenvalue weighted by molar-refractivity contribution is 6.32. The summed E-state index contributed by atoms with van der Waals surface area (Å²) < 4.78 is 10.9. The molecule has 0 heterocycles. The molecule has 1 aliphatic rings. The molecule has 0 saturated heterocycles. The number of methoxy groups -OCH3 is 1. The van der Waals surface area contributed by atoms with E-state index in [9.17, 15) is 4.79 Å². The molecular formula is C20H22ClNO3. The highest BCUT2D eigenvalue weighted by Gasteiger charge is 2.33. The molecule has 5 heteroatoms. The van der Waals surface area contributed by atoms with Crippen LogP contribution in [0.15, 0.2) is 42.5 Å². The first-order valence-corrected chi connectivity index (χ1v) is 8.87. The van der Waals surface area contributed by atoms with Gasteiger partial charge in [0.15, 0.2) is 11.5 Å². The molecule has 0 unspecified atom stereocenters. The van der Waals surface area contributed by atoms with Crippen molar-refractivity contribution in [3.8, 4) is 11.5 Å². The number of hydrogen-bond acceptors (Lipinski definition) is 3. The van der Waals surface area contributed by atoms with Gasteiger partial charge in [-0.2, -0.15) is 0 Å². The van der Waals surface area contributed by atoms with E-state index in [4.69, 9.17) is 21.1 Å². The minimum atomic E-state index is -0.0328. The van der Waals surface area contributed by atoms with Crippen molar-refractivity contribution < 1.29 is 14.3 Å². The molecule has 3 rings (SSSR count). The SMILES string of the molecule is CCOc1c(Cl)cc(C(=O)N(Cc2ccccc2)C2CC2)cc1OC. The lowest BCUT2D eigenvalue weighted by Crippen LogP contribution is -2.32. The molecule has 132 valence electrons. The standard InChI is InChI=1S/C20H22ClNO3/c1-3-25-19-17(21)11-15(12-18(19)24-2)20(23)22(16-9-10-16)13-14-7-5-4-6-8-14/h4-8,11-12,16H,3,9-10,13H2,1-2H3. The van der Waals surface area contributed by atoms with Crippen LogP contribution in [0.5, 0.6) is 11.5 Å². The minimum Gasteiger partial charge on any atom is -0.493 e. The van der Waals surface area contributed by atoms with Gasteiger partial charge in [-0.3, -0.25) is 4.79 Å². The number of carbonyl (C=O) groups is 1. The number of halogens is 1. The van der Waals surface area contributed by atoms with Crippen LogP contribution in [0.4, 0.5) is 0 Å². The van der Waals surface area contributed by atoms with Crippen LogP contribution in [-0.2, 0) is 6.54 Å². The van der Waals surface area contributed by atoms with Crippen molar-refractivity contribution in [2.24, 2.45) is 0 Å². The first kappa shape index (κ1) is 17.6. The van der Waals surface area contributed by atoms with Gasteiger partial charge in [-0.15, -0.1) is 0 Å². The predicted molar refractivity (Wildman–Crippen MR) is 98.5 cm³/mol. The second-order valence-electron chi connectivity index (χ2n) is 6.07. The van der Waals surface area contributed by atoms with Crippen LogP contribution in [0.2, 0.25) is 5.02 Å². The molecule has 4 nitrogen and oxygen atoms in total. The molecule has 2 aromatic rings. The molecule has 1 amide bonds. The fourth-order valence-corrected chi connectivity index (χ4v) is 3.09. The Morgan fingerprint density at radius 2 is 1.96 bits per heavy atom. The normalized spacial score (nSPS) is 13.4. The summed E-state index contributed by atoms with van der Waals surface area (Å²) in [4.78, 5) is 15.0. The molecule has 25 heavy (non-hydrogen) atoms. The molecule has 0 aliphatic heterocycles. The topological polar surface area (TPSA) is 38.8 Å². The van der Waals surface area contributed by atoms with Gasteiger partial charge in [0, 0.05) is 18.2 Å². The summed E-state index contributed by atoms with van der Waals surface area (Å²) >= 11 is 6.32. The Hall–Kier alpha value is -2.20. The largest absolute Gasteiger partial charge is 0.493 e. The summed E-state index contributed by atoms with van der Waals surface area (Å²) in [6.45, 7) is 2.95. The number of hydrogen-bond donors (Lipinski definition) is 0. The summed E-state index contributed by atoms with van der Waals surface area (Å²) in [6.07, 6.45) is 2.08.